The molecule has 1 aromatic heterocycles. The van der Waals surface area contributed by atoms with E-state index in [0.717, 1.165) is 25.0 Å². The molecule has 1 aliphatic heterocycles. The zero-order chi connectivity index (χ0) is 26.5. The summed E-state index contributed by atoms with van der Waals surface area (Å²) < 4.78 is 27.4. The second-order valence-corrected chi connectivity index (χ2v) is 10.5. The Hall–Kier alpha value is -3.30. The van der Waals surface area contributed by atoms with E-state index >= 15 is 0 Å². The van der Waals surface area contributed by atoms with Crippen LogP contribution < -0.4 is 10.6 Å². The van der Waals surface area contributed by atoms with Gasteiger partial charge in [-0.2, -0.15) is 0 Å². The van der Waals surface area contributed by atoms with Crippen LogP contribution >= 0.6 is 0 Å². The molecule has 0 spiro atoms. The minimum atomic E-state index is -1.03. The van der Waals surface area contributed by atoms with Crippen molar-refractivity contribution in [2.45, 2.75) is 71.9 Å². The first-order chi connectivity index (χ1) is 16.9. The van der Waals surface area contributed by atoms with Crippen LogP contribution in [-0.4, -0.2) is 51.7 Å². The second kappa shape index (κ2) is 11.6. The van der Waals surface area contributed by atoms with E-state index in [2.05, 4.69) is 20.6 Å². The Labute approximate surface area is 210 Å². The second-order valence-electron chi connectivity index (χ2n) is 10.5. The molecule has 0 bridgehead atoms. The molecule has 0 aliphatic carbocycles. The van der Waals surface area contributed by atoms with E-state index in [1.807, 2.05) is 20.8 Å². The average Bonchev–Trinajstić information content (AvgIpc) is 3.49. The Morgan fingerprint density at radius 1 is 1.14 bits per heavy atom. The number of halogens is 2. The number of nitrogens with one attached hydrogen (secondary N) is 3. The largest absolute Gasteiger partial charge is 0.345 e. The van der Waals surface area contributed by atoms with E-state index in [1.165, 1.54) is 12.3 Å². The smallest absolute Gasteiger partial charge is 0.243 e. The molecule has 196 valence electrons. The number of carbonyl (C=O) groups is 3. The van der Waals surface area contributed by atoms with Crippen LogP contribution in [0.25, 0.3) is 11.3 Å². The topological polar surface area (TPSA) is 107 Å². The molecule has 3 rings (SSSR count). The predicted octanol–water partition coefficient (Wildman–Crippen LogP) is 3.86. The number of benzene rings is 1. The molecule has 0 radical (unpaired) electrons. The van der Waals surface area contributed by atoms with Crippen molar-refractivity contribution in [3.05, 3.63) is 41.9 Å². The minimum Gasteiger partial charge on any atom is -0.345 e. The fourth-order valence-corrected chi connectivity index (χ4v) is 4.02. The third-order valence-electron chi connectivity index (χ3n) is 6.18. The van der Waals surface area contributed by atoms with Gasteiger partial charge in [-0.15, -0.1) is 0 Å². The van der Waals surface area contributed by atoms with Gasteiger partial charge in [0, 0.05) is 31.1 Å². The highest BCUT2D eigenvalue weighted by atomic mass is 19.1. The van der Waals surface area contributed by atoms with Gasteiger partial charge >= 0.3 is 0 Å². The number of imidazole rings is 1. The molecule has 2 heterocycles. The molecule has 1 aromatic carbocycles. The number of hydrogen-bond donors (Lipinski definition) is 3. The van der Waals surface area contributed by atoms with Crippen LogP contribution in [0.1, 0.15) is 71.7 Å². The van der Waals surface area contributed by atoms with E-state index in [9.17, 15) is 23.2 Å². The van der Waals surface area contributed by atoms with Gasteiger partial charge < -0.3 is 20.5 Å². The van der Waals surface area contributed by atoms with E-state index in [0.29, 0.717) is 31.0 Å². The minimum absolute atomic E-state index is 0.0457. The third kappa shape index (κ3) is 7.60. The molecule has 3 amide bonds. The van der Waals surface area contributed by atoms with Crippen molar-refractivity contribution in [3.8, 4) is 11.3 Å². The average molecular weight is 504 g/mol. The maximum Gasteiger partial charge on any atom is 0.243 e. The Morgan fingerprint density at radius 3 is 2.47 bits per heavy atom. The number of aromatic amines is 1. The molecule has 2 atom stereocenters. The van der Waals surface area contributed by atoms with Gasteiger partial charge in [0.25, 0.3) is 0 Å². The van der Waals surface area contributed by atoms with Gasteiger partial charge in [-0.3, -0.25) is 14.4 Å². The number of hydrogen-bond acceptors (Lipinski definition) is 4. The van der Waals surface area contributed by atoms with Gasteiger partial charge in [0.1, 0.15) is 23.5 Å². The van der Waals surface area contributed by atoms with Gasteiger partial charge in [0.15, 0.2) is 0 Å². The summed E-state index contributed by atoms with van der Waals surface area (Å²) in [6.07, 6.45) is 3.99. The van der Waals surface area contributed by atoms with Gasteiger partial charge in [-0.25, -0.2) is 13.8 Å². The SMILES string of the molecule is C[C@H](NC(=O)C(CC(=O)N1CCCC1)NC(=O)CCC(C)(C)C)c1ncc(-c2ccc(F)cc2F)[nH]1. The number of likely N-dealkylation sites (tertiary alicyclic amines) is 1. The highest BCUT2D eigenvalue weighted by Gasteiger charge is 2.29. The van der Waals surface area contributed by atoms with Crippen molar-refractivity contribution in [2.24, 2.45) is 5.41 Å². The summed E-state index contributed by atoms with van der Waals surface area (Å²) in [4.78, 5) is 47.3. The number of H-pyrrole nitrogens is 1. The fourth-order valence-electron chi connectivity index (χ4n) is 4.02. The van der Waals surface area contributed by atoms with Gasteiger partial charge in [0.2, 0.25) is 17.7 Å². The van der Waals surface area contributed by atoms with Crippen LogP contribution in [0, 0.1) is 17.0 Å². The number of rotatable bonds is 9. The molecule has 0 saturated carbocycles. The maximum atomic E-state index is 14.1. The number of aromatic nitrogens is 2. The van der Waals surface area contributed by atoms with Gasteiger partial charge in [-0.1, -0.05) is 20.8 Å². The van der Waals surface area contributed by atoms with Crippen molar-refractivity contribution in [3.63, 3.8) is 0 Å². The molecule has 1 fully saturated rings. The number of carbonyl (C=O) groups excluding carboxylic acids is 3. The van der Waals surface area contributed by atoms with E-state index in [4.69, 9.17) is 0 Å². The molecule has 1 unspecified atom stereocenters. The normalized spacial score (nSPS) is 15.4. The van der Waals surface area contributed by atoms with E-state index in [-0.39, 0.29) is 35.6 Å². The Kier molecular flexibility index (Phi) is 8.81. The zero-order valence-electron chi connectivity index (χ0n) is 21.3. The first kappa shape index (κ1) is 27.3. The highest BCUT2D eigenvalue weighted by Crippen LogP contribution is 2.23. The number of nitrogens with zero attached hydrogens (tertiary/aromatic N) is 2. The standard InChI is InChI=1S/C26H35F2N5O3/c1-16(24-29-15-21(32-24)18-8-7-17(27)13-19(18)28)30-25(36)20(14-23(35)33-11-5-6-12-33)31-22(34)9-10-26(2,3)4/h7-8,13,15-16,20H,5-6,9-12,14H2,1-4H3,(H,29,32)(H,30,36)(H,31,34)/t16-,20?/m0/s1. The lowest BCUT2D eigenvalue weighted by atomic mass is 9.90. The summed E-state index contributed by atoms with van der Waals surface area (Å²) in [7, 11) is 0. The number of amides is 3. The fraction of sp³-hybridized carbons (Fsp3) is 0.538. The molecule has 1 saturated heterocycles. The summed E-state index contributed by atoms with van der Waals surface area (Å²) in [5, 5.41) is 5.52. The van der Waals surface area contributed by atoms with Crippen molar-refractivity contribution in [1.82, 2.24) is 25.5 Å². The van der Waals surface area contributed by atoms with E-state index in [1.54, 1.807) is 11.8 Å². The van der Waals surface area contributed by atoms with Gasteiger partial charge in [0.05, 0.1) is 24.4 Å². The monoisotopic (exact) mass is 503 g/mol. The first-order valence-corrected chi connectivity index (χ1v) is 12.3. The highest BCUT2D eigenvalue weighted by molar-refractivity contribution is 5.92. The van der Waals surface area contributed by atoms with Crippen molar-refractivity contribution in [1.29, 1.82) is 0 Å². The van der Waals surface area contributed by atoms with Crippen LogP contribution in [-0.2, 0) is 14.4 Å². The summed E-state index contributed by atoms with van der Waals surface area (Å²) >= 11 is 0. The summed E-state index contributed by atoms with van der Waals surface area (Å²) in [5.74, 6) is -2.05. The summed E-state index contributed by atoms with van der Waals surface area (Å²) in [6.45, 7) is 9.06. The lowest BCUT2D eigenvalue weighted by Crippen LogP contribution is -2.50. The quantitative estimate of drug-likeness (QED) is 0.483. The third-order valence-corrected chi connectivity index (χ3v) is 6.18. The van der Waals surface area contributed by atoms with Crippen LogP contribution in [0.15, 0.2) is 24.4 Å². The molecule has 3 N–H and O–H groups in total. The maximum absolute atomic E-state index is 14.1. The molecule has 8 nitrogen and oxygen atoms in total. The molecule has 1 aliphatic rings. The Balaban J connectivity index is 1.69. The predicted molar refractivity (Wildman–Crippen MR) is 132 cm³/mol. The van der Waals surface area contributed by atoms with Crippen LogP contribution in [0.5, 0.6) is 0 Å². The Bertz CT molecular complexity index is 1090. The summed E-state index contributed by atoms with van der Waals surface area (Å²) in [6, 6.07) is 1.58. The molecular formula is C26H35F2N5O3. The van der Waals surface area contributed by atoms with Crippen LogP contribution in [0.4, 0.5) is 8.78 Å². The molecule has 10 heteroatoms. The van der Waals surface area contributed by atoms with E-state index < -0.39 is 29.6 Å². The van der Waals surface area contributed by atoms with Gasteiger partial charge in [-0.05, 0) is 43.7 Å². The van der Waals surface area contributed by atoms with Crippen LogP contribution in [0.2, 0.25) is 0 Å². The van der Waals surface area contributed by atoms with Crippen molar-refractivity contribution < 1.29 is 23.2 Å². The van der Waals surface area contributed by atoms with Crippen LogP contribution in [0.3, 0.4) is 0 Å². The lowest BCUT2D eigenvalue weighted by Gasteiger charge is -2.24. The van der Waals surface area contributed by atoms with Crippen molar-refractivity contribution >= 4 is 17.7 Å². The summed E-state index contributed by atoms with van der Waals surface area (Å²) in [5.41, 5.74) is 0.435. The molecule has 36 heavy (non-hydrogen) atoms. The lowest BCUT2D eigenvalue weighted by molar-refractivity contribution is -0.136. The first-order valence-electron chi connectivity index (χ1n) is 12.3. The van der Waals surface area contributed by atoms with Crippen molar-refractivity contribution in [2.75, 3.05) is 13.1 Å². The molecule has 2 aromatic rings. The Morgan fingerprint density at radius 2 is 1.83 bits per heavy atom. The molecular weight excluding hydrogens is 468 g/mol. The zero-order valence-corrected chi connectivity index (χ0v) is 21.3.